The fourth-order valence-corrected chi connectivity index (χ4v) is 3.80. The van der Waals surface area contributed by atoms with Gasteiger partial charge in [0, 0.05) is 4.47 Å². The Kier molecular flexibility index (Phi) is 6.13. The normalized spacial score (nSPS) is 11.2. The van der Waals surface area contributed by atoms with Gasteiger partial charge in [-0.1, -0.05) is 57.9 Å². The van der Waals surface area contributed by atoms with Crippen LogP contribution in [0.4, 0.5) is 11.4 Å². The smallest absolute Gasteiger partial charge is 0.290 e. The van der Waals surface area contributed by atoms with E-state index in [1.165, 1.54) is 9.13 Å². The molecule has 0 amide bonds. The summed E-state index contributed by atoms with van der Waals surface area (Å²) in [5, 5.41) is 19.5. The second-order valence-electron chi connectivity index (χ2n) is 6.39. The van der Waals surface area contributed by atoms with Crippen LogP contribution in [0.2, 0.25) is 5.02 Å². The maximum Gasteiger partial charge on any atom is 0.290 e. The van der Waals surface area contributed by atoms with Crippen molar-refractivity contribution in [3.8, 4) is 17.3 Å². The Bertz CT molecular complexity index is 1400. The van der Waals surface area contributed by atoms with Crippen LogP contribution < -0.4 is 5.56 Å². The van der Waals surface area contributed by atoms with Crippen LogP contribution in [-0.4, -0.2) is 14.2 Å². The van der Waals surface area contributed by atoms with Crippen molar-refractivity contribution in [1.82, 2.24) is 9.13 Å². The Balaban J connectivity index is 2.02. The molecule has 0 unspecified atom stereocenters. The van der Waals surface area contributed by atoms with Gasteiger partial charge in [0.15, 0.2) is 4.77 Å². The molecule has 0 aliphatic carbocycles. The van der Waals surface area contributed by atoms with Crippen molar-refractivity contribution in [1.29, 1.82) is 0 Å². The van der Waals surface area contributed by atoms with Crippen LogP contribution in [0.25, 0.3) is 11.4 Å². The van der Waals surface area contributed by atoms with Crippen LogP contribution in [-0.2, 0) is 0 Å². The van der Waals surface area contributed by atoms with Crippen molar-refractivity contribution >= 4 is 51.1 Å². The first-order valence-corrected chi connectivity index (χ1v) is 10.6. The molecule has 1 heterocycles. The Morgan fingerprint density at radius 1 is 0.871 bits per heavy atom. The average Bonchev–Trinajstić information content (AvgIpc) is 2.77. The van der Waals surface area contributed by atoms with Crippen molar-refractivity contribution in [2.45, 2.75) is 0 Å². The average molecular weight is 514 g/mol. The van der Waals surface area contributed by atoms with E-state index in [-0.39, 0.29) is 10.5 Å². The zero-order valence-corrected chi connectivity index (χ0v) is 19.0. The van der Waals surface area contributed by atoms with Gasteiger partial charge in [0.25, 0.3) is 5.56 Å². The zero-order chi connectivity index (χ0) is 22.0. The summed E-state index contributed by atoms with van der Waals surface area (Å²) >= 11 is 15.3. The number of aromatic nitrogens is 2. The molecule has 0 bridgehead atoms. The molecule has 4 aromatic rings. The molecule has 0 radical (unpaired) electrons. The maximum atomic E-state index is 13.3. The molecule has 6 nitrogen and oxygen atoms in total. The number of benzene rings is 3. The lowest BCUT2D eigenvalue weighted by molar-refractivity contribution is 0.432. The quantitative estimate of drug-likeness (QED) is 0.238. The molecule has 0 aliphatic rings. The lowest BCUT2D eigenvalue weighted by atomic mass is 10.3. The fraction of sp³-hybridized carbons (Fsp3) is 0. The zero-order valence-electron chi connectivity index (χ0n) is 15.8. The molecular weight excluding hydrogens is 500 g/mol. The van der Waals surface area contributed by atoms with Crippen LogP contribution >= 0.6 is 39.7 Å². The Morgan fingerprint density at radius 2 is 1.52 bits per heavy atom. The summed E-state index contributed by atoms with van der Waals surface area (Å²) in [7, 11) is 0. The second kappa shape index (κ2) is 8.97. The van der Waals surface area contributed by atoms with Gasteiger partial charge in [0.05, 0.1) is 22.1 Å². The number of halogens is 2. The maximum absolute atomic E-state index is 13.3. The predicted molar refractivity (Wildman–Crippen MR) is 127 cm³/mol. The number of aromatic hydroxyl groups is 1. The lowest BCUT2D eigenvalue weighted by Crippen LogP contribution is -2.23. The topological polar surface area (TPSA) is 71.9 Å². The van der Waals surface area contributed by atoms with E-state index in [9.17, 15) is 9.90 Å². The number of rotatable bonds is 4. The number of azo groups is 1. The summed E-state index contributed by atoms with van der Waals surface area (Å²) in [5.74, 6) is -0.448. The summed E-state index contributed by atoms with van der Waals surface area (Å²) in [6.45, 7) is 0. The highest BCUT2D eigenvalue weighted by Gasteiger charge is 2.20. The van der Waals surface area contributed by atoms with Gasteiger partial charge in [0.1, 0.15) is 0 Å². The summed E-state index contributed by atoms with van der Waals surface area (Å²) in [5.41, 5.74) is 0.591. The molecule has 9 heteroatoms. The molecule has 0 spiro atoms. The highest BCUT2D eigenvalue weighted by molar-refractivity contribution is 9.10. The third-order valence-electron chi connectivity index (χ3n) is 4.41. The monoisotopic (exact) mass is 512 g/mol. The Labute approximate surface area is 195 Å². The number of hydrogen-bond donors (Lipinski definition) is 1. The van der Waals surface area contributed by atoms with Gasteiger partial charge in [0.2, 0.25) is 11.6 Å². The van der Waals surface area contributed by atoms with E-state index in [4.69, 9.17) is 23.8 Å². The van der Waals surface area contributed by atoms with Gasteiger partial charge < -0.3 is 5.11 Å². The molecule has 0 aliphatic heterocycles. The molecule has 1 N–H and O–H groups in total. The first-order chi connectivity index (χ1) is 15.0. The molecule has 154 valence electrons. The molecule has 0 saturated carbocycles. The van der Waals surface area contributed by atoms with E-state index in [0.717, 1.165) is 4.47 Å². The van der Waals surface area contributed by atoms with E-state index in [1.54, 1.807) is 72.8 Å². The van der Waals surface area contributed by atoms with Crippen LogP contribution in [0.1, 0.15) is 0 Å². The van der Waals surface area contributed by atoms with E-state index in [0.29, 0.717) is 22.1 Å². The summed E-state index contributed by atoms with van der Waals surface area (Å²) in [6.07, 6.45) is 0. The number of hydrogen-bond acceptors (Lipinski definition) is 5. The van der Waals surface area contributed by atoms with E-state index in [2.05, 4.69) is 26.2 Å². The van der Waals surface area contributed by atoms with Gasteiger partial charge in [-0.05, 0) is 60.7 Å². The minimum atomic E-state index is -0.599. The summed E-state index contributed by atoms with van der Waals surface area (Å²) in [6, 6.07) is 22.8. The minimum Gasteiger partial charge on any atom is -0.492 e. The Hall–Kier alpha value is -3.07. The molecule has 0 saturated heterocycles. The van der Waals surface area contributed by atoms with Gasteiger partial charge in [-0.25, -0.2) is 0 Å². The number of nitrogens with zero attached hydrogens (tertiary/aromatic N) is 4. The Morgan fingerprint density at radius 3 is 2.19 bits per heavy atom. The predicted octanol–water partition coefficient (Wildman–Crippen LogP) is 6.89. The van der Waals surface area contributed by atoms with Crippen molar-refractivity contribution in [3.63, 3.8) is 0 Å². The van der Waals surface area contributed by atoms with Crippen molar-refractivity contribution in [2.75, 3.05) is 0 Å². The van der Waals surface area contributed by atoms with Crippen LogP contribution in [0.3, 0.4) is 0 Å². The van der Waals surface area contributed by atoms with Gasteiger partial charge in [-0.3, -0.25) is 13.9 Å². The van der Waals surface area contributed by atoms with Gasteiger partial charge in [-0.2, -0.15) is 5.11 Å². The molecule has 1 aromatic heterocycles. The first-order valence-electron chi connectivity index (χ1n) is 9.06. The largest absolute Gasteiger partial charge is 0.492 e. The van der Waals surface area contributed by atoms with Crippen LogP contribution in [0.5, 0.6) is 5.88 Å². The second-order valence-corrected chi connectivity index (χ2v) is 8.08. The lowest BCUT2D eigenvalue weighted by Gasteiger charge is -2.16. The molecule has 3 aromatic carbocycles. The summed E-state index contributed by atoms with van der Waals surface area (Å²) < 4.78 is 3.52. The van der Waals surface area contributed by atoms with E-state index in [1.807, 2.05) is 6.07 Å². The van der Waals surface area contributed by atoms with Gasteiger partial charge in [-0.15, -0.1) is 5.11 Å². The molecule has 4 rings (SSSR count). The summed E-state index contributed by atoms with van der Waals surface area (Å²) in [4.78, 5) is 13.3. The third kappa shape index (κ3) is 4.23. The van der Waals surface area contributed by atoms with Crippen molar-refractivity contribution in [2.24, 2.45) is 10.2 Å². The van der Waals surface area contributed by atoms with Crippen LogP contribution in [0.15, 0.2) is 98.4 Å². The SMILES string of the molecule is O=c1c(N=Nc2ccc(Br)cc2)c(O)n(-c2ccccc2Cl)c(=S)n1-c1ccccc1. The van der Waals surface area contributed by atoms with Gasteiger partial charge >= 0.3 is 0 Å². The van der Waals surface area contributed by atoms with Crippen molar-refractivity contribution in [3.05, 3.63) is 103 Å². The minimum absolute atomic E-state index is 0.0457. The molecule has 0 atom stereocenters. The fourth-order valence-electron chi connectivity index (χ4n) is 2.94. The highest BCUT2D eigenvalue weighted by Crippen LogP contribution is 2.31. The molecular formula is C22H14BrClN4O2S. The third-order valence-corrected chi connectivity index (χ3v) is 5.63. The first kappa shape index (κ1) is 21.2. The van der Waals surface area contributed by atoms with Crippen molar-refractivity contribution < 1.29 is 5.11 Å². The highest BCUT2D eigenvalue weighted by atomic mass is 79.9. The molecule has 0 fully saturated rings. The van der Waals surface area contributed by atoms with E-state index < -0.39 is 11.4 Å². The van der Waals surface area contributed by atoms with Crippen LogP contribution in [0, 0.1) is 4.77 Å². The van der Waals surface area contributed by atoms with E-state index >= 15 is 0 Å². The standard InChI is InChI=1S/C22H14BrClN4O2S/c23-14-10-12-15(13-11-14)25-26-19-20(29)27(16-6-2-1-3-7-16)22(31)28(21(19)30)18-9-5-4-8-17(18)24/h1-13,30H. The molecule has 31 heavy (non-hydrogen) atoms. The number of para-hydroxylation sites is 2.